The van der Waals surface area contributed by atoms with Gasteiger partial charge in [-0.15, -0.1) is 0 Å². The number of urea groups is 1. The molecule has 22 heavy (non-hydrogen) atoms. The standard InChI is InChI=1S/C17H25FN2O2/c1-11(21)9-17(2,3)10-19-16(22)20-15-7-5-12-4-6-13(18)8-14(12)15/h4,6,8,11,15,21H,5,7,9-10H2,1-3H3,(H2,19,20,22). The van der Waals surface area contributed by atoms with E-state index in [1.54, 1.807) is 13.0 Å². The van der Waals surface area contributed by atoms with Crippen LogP contribution in [0.2, 0.25) is 0 Å². The summed E-state index contributed by atoms with van der Waals surface area (Å²) in [6, 6.07) is 4.37. The second-order valence-electron chi connectivity index (χ2n) is 6.98. The van der Waals surface area contributed by atoms with Crippen molar-refractivity contribution in [3.63, 3.8) is 0 Å². The minimum atomic E-state index is -0.399. The Hall–Kier alpha value is -1.62. The van der Waals surface area contributed by atoms with Crippen LogP contribution in [0.4, 0.5) is 9.18 Å². The van der Waals surface area contributed by atoms with E-state index in [2.05, 4.69) is 10.6 Å². The quantitative estimate of drug-likeness (QED) is 0.783. The first-order chi connectivity index (χ1) is 10.3. The van der Waals surface area contributed by atoms with Crippen molar-refractivity contribution in [1.29, 1.82) is 0 Å². The van der Waals surface area contributed by atoms with Crippen LogP contribution in [-0.4, -0.2) is 23.8 Å². The number of carbonyl (C=O) groups is 1. The third-order valence-electron chi connectivity index (χ3n) is 4.07. The number of aliphatic hydroxyl groups excluding tert-OH is 1. The molecule has 0 spiro atoms. The molecule has 0 radical (unpaired) electrons. The van der Waals surface area contributed by atoms with Crippen LogP contribution in [0.3, 0.4) is 0 Å². The lowest BCUT2D eigenvalue weighted by atomic mass is 9.87. The summed E-state index contributed by atoms with van der Waals surface area (Å²) in [4.78, 5) is 12.0. The molecule has 5 heteroatoms. The second-order valence-corrected chi connectivity index (χ2v) is 6.98. The highest BCUT2D eigenvalue weighted by Crippen LogP contribution is 2.31. The van der Waals surface area contributed by atoms with Crippen molar-refractivity contribution in [3.8, 4) is 0 Å². The molecule has 2 rings (SSSR count). The lowest BCUT2D eigenvalue weighted by Crippen LogP contribution is -2.42. The van der Waals surface area contributed by atoms with Crippen LogP contribution < -0.4 is 10.6 Å². The van der Waals surface area contributed by atoms with E-state index in [0.717, 1.165) is 24.0 Å². The summed E-state index contributed by atoms with van der Waals surface area (Å²) in [7, 11) is 0. The number of nitrogens with one attached hydrogen (secondary N) is 2. The van der Waals surface area contributed by atoms with Crippen LogP contribution in [0, 0.1) is 11.2 Å². The van der Waals surface area contributed by atoms with E-state index < -0.39 is 6.10 Å². The number of hydrogen-bond donors (Lipinski definition) is 3. The Labute approximate surface area is 131 Å². The summed E-state index contributed by atoms with van der Waals surface area (Å²) in [5.41, 5.74) is 1.80. The van der Waals surface area contributed by atoms with Crippen molar-refractivity contribution < 1.29 is 14.3 Å². The van der Waals surface area contributed by atoms with E-state index in [4.69, 9.17) is 0 Å². The molecule has 0 saturated carbocycles. The monoisotopic (exact) mass is 308 g/mol. The topological polar surface area (TPSA) is 61.4 Å². The van der Waals surface area contributed by atoms with Gasteiger partial charge >= 0.3 is 6.03 Å². The van der Waals surface area contributed by atoms with Crippen molar-refractivity contribution in [3.05, 3.63) is 35.1 Å². The summed E-state index contributed by atoms with van der Waals surface area (Å²) in [5.74, 6) is -0.272. The summed E-state index contributed by atoms with van der Waals surface area (Å²) in [5, 5.41) is 15.2. The first-order valence-electron chi connectivity index (χ1n) is 7.77. The van der Waals surface area contributed by atoms with Gasteiger partial charge in [-0.2, -0.15) is 0 Å². The summed E-state index contributed by atoms with van der Waals surface area (Å²) in [6.45, 7) is 6.22. The normalized spacial score (nSPS) is 18.7. The van der Waals surface area contributed by atoms with Crippen molar-refractivity contribution in [2.75, 3.05) is 6.54 Å². The Bertz CT molecular complexity index is 543. The molecule has 1 aliphatic carbocycles. The molecular weight excluding hydrogens is 283 g/mol. The molecule has 0 aliphatic heterocycles. The van der Waals surface area contributed by atoms with Gasteiger partial charge in [-0.05, 0) is 54.9 Å². The number of aryl methyl sites for hydroxylation is 1. The van der Waals surface area contributed by atoms with Crippen molar-refractivity contribution in [2.45, 2.75) is 52.2 Å². The van der Waals surface area contributed by atoms with Gasteiger partial charge in [0.15, 0.2) is 0 Å². The predicted molar refractivity (Wildman–Crippen MR) is 84.1 cm³/mol. The van der Waals surface area contributed by atoms with Crippen molar-refractivity contribution >= 4 is 6.03 Å². The minimum absolute atomic E-state index is 0.134. The number of rotatable bonds is 5. The predicted octanol–water partition coefficient (Wildman–Crippen LogP) is 2.91. The van der Waals surface area contributed by atoms with Gasteiger partial charge in [-0.25, -0.2) is 9.18 Å². The fraction of sp³-hybridized carbons (Fsp3) is 0.588. The van der Waals surface area contributed by atoms with E-state index in [9.17, 15) is 14.3 Å². The van der Waals surface area contributed by atoms with Crippen molar-refractivity contribution in [2.24, 2.45) is 5.41 Å². The number of hydrogen-bond acceptors (Lipinski definition) is 2. The van der Waals surface area contributed by atoms with Gasteiger partial charge in [0.25, 0.3) is 0 Å². The Morgan fingerprint density at radius 3 is 2.91 bits per heavy atom. The highest BCUT2D eigenvalue weighted by molar-refractivity contribution is 5.74. The van der Waals surface area contributed by atoms with Crippen LogP contribution in [0.1, 0.15) is 50.8 Å². The zero-order valence-electron chi connectivity index (χ0n) is 13.4. The number of halogens is 1. The molecule has 1 aromatic rings. The maximum atomic E-state index is 13.3. The third kappa shape index (κ3) is 4.44. The number of carbonyl (C=O) groups excluding carboxylic acids is 1. The lowest BCUT2D eigenvalue weighted by Gasteiger charge is -2.27. The molecule has 122 valence electrons. The smallest absolute Gasteiger partial charge is 0.315 e. The minimum Gasteiger partial charge on any atom is -0.393 e. The van der Waals surface area contributed by atoms with Gasteiger partial charge in [-0.1, -0.05) is 19.9 Å². The number of aliphatic hydroxyl groups is 1. The Morgan fingerprint density at radius 1 is 1.50 bits per heavy atom. The molecule has 0 fully saturated rings. The Morgan fingerprint density at radius 2 is 2.23 bits per heavy atom. The highest BCUT2D eigenvalue weighted by atomic mass is 19.1. The van der Waals surface area contributed by atoms with Gasteiger partial charge in [0.1, 0.15) is 5.82 Å². The van der Waals surface area contributed by atoms with E-state index in [0.29, 0.717) is 13.0 Å². The summed E-state index contributed by atoms with van der Waals surface area (Å²) < 4.78 is 13.3. The highest BCUT2D eigenvalue weighted by Gasteiger charge is 2.26. The molecule has 0 saturated heterocycles. The number of amides is 2. The second kappa shape index (κ2) is 6.65. The largest absolute Gasteiger partial charge is 0.393 e. The van der Waals surface area contributed by atoms with Crippen LogP contribution in [-0.2, 0) is 6.42 Å². The molecule has 2 atom stereocenters. The third-order valence-corrected chi connectivity index (χ3v) is 4.07. The average molecular weight is 308 g/mol. The first-order valence-corrected chi connectivity index (χ1v) is 7.77. The van der Waals surface area contributed by atoms with Gasteiger partial charge < -0.3 is 15.7 Å². The maximum Gasteiger partial charge on any atom is 0.315 e. The fourth-order valence-corrected chi connectivity index (χ4v) is 3.12. The van der Waals surface area contributed by atoms with Crippen LogP contribution in [0.15, 0.2) is 18.2 Å². The molecule has 2 amide bonds. The van der Waals surface area contributed by atoms with Gasteiger partial charge in [0, 0.05) is 6.54 Å². The van der Waals surface area contributed by atoms with Gasteiger partial charge in [0.05, 0.1) is 12.1 Å². The molecule has 1 aromatic carbocycles. The van der Waals surface area contributed by atoms with Crippen LogP contribution >= 0.6 is 0 Å². The molecular formula is C17H25FN2O2. The van der Waals surface area contributed by atoms with Gasteiger partial charge in [-0.3, -0.25) is 0 Å². The summed E-state index contributed by atoms with van der Waals surface area (Å²) >= 11 is 0. The van der Waals surface area contributed by atoms with E-state index >= 15 is 0 Å². The molecule has 0 aromatic heterocycles. The molecule has 2 unspecified atom stereocenters. The average Bonchev–Trinajstić information content (AvgIpc) is 2.78. The van der Waals surface area contributed by atoms with E-state index in [1.165, 1.54) is 12.1 Å². The number of benzene rings is 1. The van der Waals surface area contributed by atoms with Crippen molar-refractivity contribution in [1.82, 2.24) is 10.6 Å². The Kier molecular flexibility index (Phi) is 5.06. The summed E-state index contributed by atoms with van der Waals surface area (Å²) in [6.07, 6.45) is 1.87. The van der Waals surface area contributed by atoms with Gasteiger partial charge in [0.2, 0.25) is 0 Å². The molecule has 0 heterocycles. The molecule has 4 nitrogen and oxygen atoms in total. The Balaban J connectivity index is 1.88. The molecule has 0 bridgehead atoms. The maximum absolute atomic E-state index is 13.3. The molecule has 1 aliphatic rings. The zero-order valence-corrected chi connectivity index (χ0v) is 13.4. The van der Waals surface area contributed by atoms with E-state index in [-0.39, 0.29) is 23.3 Å². The SMILES string of the molecule is CC(O)CC(C)(C)CNC(=O)NC1CCc2ccc(F)cc21. The number of fused-ring (bicyclic) bond motifs is 1. The van der Waals surface area contributed by atoms with Crippen LogP contribution in [0.25, 0.3) is 0 Å². The fourth-order valence-electron chi connectivity index (χ4n) is 3.12. The first kappa shape index (κ1) is 16.7. The lowest BCUT2D eigenvalue weighted by molar-refractivity contribution is 0.128. The zero-order chi connectivity index (χ0) is 16.3. The molecule has 3 N–H and O–H groups in total. The van der Waals surface area contributed by atoms with Crippen LogP contribution in [0.5, 0.6) is 0 Å². The van der Waals surface area contributed by atoms with E-state index in [1.807, 2.05) is 13.8 Å².